The van der Waals surface area contributed by atoms with Crippen LogP contribution >= 0.6 is 0 Å². The van der Waals surface area contributed by atoms with Crippen LogP contribution in [0.15, 0.2) is 12.1 Å². The van der Waals surface area contributed by atoms with Crippen LogP contribution in [-0.4, -0.2) is 30.4 Å². The number of phenolic OH excluding ortho intramolecular Hbond substituents is 2. The third-order valence-electron chi connectivity index (χ3n) is 2.55. The van der Waals surface area contributed by atoms with Gasteiger partial charge in [-0.25, -0.2) is 0 Å². The van der Waals surface area contributed by atoms with Crippen LogP contribution < -0.4 is 10.1 Å². The molecule has 0 saturated carbocycles. The minimum Gasteiger partial charge on any atom is -0.504 e. The molecule has 4 nitrogen and oxygen atoms in total. The average molecular weight is 195 g/mol. The molecule has 1 aliphatic heterocycles. The van der Waals surface area contributed by atoms with Gasteiger partial charge in [-0.1, -0.05) is 0 Å². The van der Waals surface area contributed by atoms with Crippen LogP contribution in [0.1, 0.15) is 11.5 Å². The van der Waals surface area contributed by atoms with Gasteiger partial charge in [0.25, 0.3) is 0 Å². The Bertz CT molecular complexity index is 347. The first-order chi connectivity index (χ1) is 6.72. The number of nitrogens with one attached hydrogen (secondary N) is 1. The van der Waals surface area contributed by atoms with Crippen molar-refractivity contribution < 1.29 is 14.9 Å². The molecular formula is C10H13NO3. The summed E-state index contributed by atoms with van der Waals surface area (Å²) in [6.07, 6.45) is 0. The van der Waals surface area contributed by atoms with Gasteiger partial charge in [-0.2, -0.15) is 0 Å². The predicted octanol–water partition coefficient (Wildman–Crippen LogP) is 0.793. The fourth-order valence-electron chi connectivity index (χ4n) is 1.53. The molecule has 2 rings (SSSR count). The average Bonchev–Trinajstić information content (AvgIpc) is 2.08. The van der Waals surface area contributed by atoms with Crippen molar-refractivity contribution in [2.24, 2.45) is 0 Å². The lowest BCUT2D eigenvalue weighted by Crippen LogP contribution is -2.39. The van der Waals surface area contributed by atoms with E-state index in [1.165, 1.54) is 7.11 Å². The van der Waals surface area contributed by atoms with Crippen molar-refractivity contribution in [3.05, 3.63) is 17.7 Å². The molecule has 0 amide bonds. The molecule has 1 heterocycles. The summed E-state index contributed by atoms with van der Waals surface area (Å²) in [5.74, 6) is 0.428. The molecule has 0 atom stereocenters. The Kier molecular flexibility index (Phi) is 2.21. The Morgan fingerprint density at radius 1 is 1.36 bits per heavy atom. The summed E-state index contributed by atoms with van der Waals surface area (Å²) in [6.45, 7) is 1.82. The van der Waals surface area contributed by atoms with Crippen LogP contribution in [0, 0.1) is 0 Å². The molecule has 0 bridgehead atoms. The topological polar surface area (TPSA) is 61.7 Å². The molecule has 4 heteroatoms. The minimum atomic E-state index is -0.191. The van der Waals surface area contributed by atoms with Crippen molar-refractivity contribution in [2.45, 2.75) is 5.92 Å². The second kappa shape index (κ2) is 3.38. The molecule has 1 aromatic carbocycles. The third kappa shape index (κ3) is 1.37. The third-order valence-corrected chi connectivity index (χ3v) is 2.55. The van der Waals surface area contributed by atoms with E-state index < -0.39 is 0 Å². The number of hydrogen-bond donors (Lipinski definition) is 3. The standard InChI is InChI=1S/C10H13NO3/c1-14-9-3-6(7-4-11-5-7)2-8(12)10(9)13/h2-3,7,11-13H,4-5H2,1H3. The zero-order chi connectivity index (χ0) is 10.1. The molecule has 14 heavy (non-hydrogen) atoms. The smallest absolute Gasteiger partial charge is 0.200 e. The molecule has 0 aromatic heterocycles. The first kappa shape index (κ1) is 9.15. The van der Waals surface area contributed by atoms with Crippen molar-refractivity contribution in [2.75, 3.05) is 20.2 Å². The van der Waals surface area contributed by atoms with E-state index >= 15 is 0 Å². The largest absolute Gasteiger partial charge is 0.504 e. The Morgan fingerprint density at radius 2 is 2.07 bits per heavy atom. The Balaban J connectivity index is 2.37. The number of hydrogen-bond acceptors (Lipinski definition) is 4. The molecule has 3 N–H and O–H groups in total. The van der Waals surface area contributed by atoms with Gasteiger partial charge in [0.15, 0.2) is 11.5 Å². The van der Waals surface area contributed by atoms with E-state index in [0.29, 0.717) is 11.7 Å². The molecule has 0 spiro atoms. The first-order valence-corrected chi connectivity index (χ1v) is 4.53. The lowest BCUT2D eigenvalue weighted by molar-refractivity contribution is 0.347. The van der Waals surface area contributed by atoms with E-state index in [9.17, 15) is 10.2 Å². The number of benzene rings is 1. The second-order valence-corrected chi connectivity index (χ2v) is 3.45. The summed E-state index contributed by atoms with van der Waals surface area (Å²) < 4.78 is 4.95. The highest BCUT2D eigenvalue weighted by Gasteiger charge is 2.21. The van der Waals surface area contributed by atoms with Crippen LogP contribution in [0.25, 0.3) is 0 Å². The van der Waals surface area contributed by atoms with E-state index in [1.54, 1.807) is 12.1 Å². The molecule has 1 aliphatic rings. The van der Waals surface area contributed by atoms with Crippen molar-refractivity contribution in [3.8, 4) is 17.2 Å². The van der Waals surface area contributed by atoms with Crippen molar-refractivity contribution >= 4 is 0 Å². The van der Waals surface area contributed by atoms with Gasteiger partial charge in [0, 0.05) is 19.0 Å². The molecule has 1 saturated heterocycles. The van der Waals surface area contributed by atoms with Gasteiger partial charge in [0.1, 0.15) is 0 Å². The monoisotopic (exact) mass is 195 g/mol. The summed E-state index contributed by atoms with van der Waals surface area (Å²) in [6, 6.07) is 3.35. The van der Waals surface area contributed by atoms with Crippen molar-refractivity contribution in [1.82, 2.24) is 5.32 Å². The number of rotatable bonds is 2. The SMILES string of the molecule is COc1cc(C2CNC2)cc(O)c1O. The number of aromatic hydroxyl groups is 2. The highest BCUT2D eigenvalue weighted by atomic mass is 16.5. The van der Waals surface area contributed by atoms with E-state index in [1.807, 2.05) is 0 Å². The van der Waals surface area contributed by atoms with Gasteiger partial charge in [0.2, 0.25) is 5.75 Å². The van der Waals surface area contributed by atoms with Crippen molar-refractivity contribution in [1.29, 1.82) is 0 Å². The van der Waals surface area contributed by atoms with Crippen LogP contribution in [-0.2, 0) is 0 Å². The molecule has 1 aromatic rings. The normalized spacial score (nSPS) is 16.4. The highest BCUT2D eigenvalue weighted by Crippen LogP contribution is 2.38. The lowest BCUT2D eigenvalue weighted by Gasteiger charge is -2.27. The number of phenols is 2. The van der Waals surface area contributed by atoms with E-state index in [2.05, 4.69) is 5.32 Å². The van der Waals surface area contributed by atoms with Crippen molar-refractivity contribution in [3.63, 3.8) is 0 Å². The Morgan fingerprint density at radius 3 is 2.57 bits per heavy atom. The zero-order valence-electron chi connectivity index (χ0n) is 7.95. The van der Waals surface area contributed by atoms with Crippen LogP contribution in [0.2, 0.25) is 0 Å². The van der Waals surface area contributed by atoms with Crippen LogP contribution in [0.5, 0.6) is 17.2 Å². The fourth-order valence-corrected chi connectivity index (χ4v) is 1.53. The van der Waals surface area contributed by atoms with Gasteiger partial charge in [-0.05, 0) is 17.7 Å². The summed E-state index contributed by atoms with van der Waals surface area (Å²) >= 11 is 0. The van der Waals surface area contributed by atoms with Gasteiger partial charge in [-0.15, -0.1) is 0 Å². The van der Waals surface area contributed by atoms with Gasteiger partial charge >= 0.3 is 0 Å². The predicted molar refractivity (Wildman–Crippen MR) is 51.9 cm³/mol. The molecular weight excluding hydrogens is 182 g/mol. The van der Waals surface area contributed by atoms with Gasteiger partial charge in [-0.3, -0.25) is 0 Å². The highest BCUT2D eigenvalue weighted by molar-refractivity contribution is 5.53. The maximum atomic E-state index is 9.43. The Hall–Kier alpha value is -1.42. The summed E-state index contributed by atoms with van der Waals surface area (Å²) in [5, 5.41) is 22.0. The quantitative estimate of drug-likeness (QED) is 0.611. The van der Waals surface area contributed by atoms with Crippen LogP contribution in [0.4, 0.5) is 0 Å². The van der Waals surface area contributed by atoms with E-state index in [0.717, 1.165) is 18.7 Å². The molecule has 0 aliphatic carbocycles. The molecule has 0 unspecified atom stereocenters. The molecule has 1 fully saturated rings. The van der Waals surface area contributed by atoms with Crippen LogP contribution in [0.3, 0.4) is 0 Å². The first-order valence-electron chi connectivity index (χ1n) is 4.53. The summed E-state index contributed by atoms with van der Waals surface area (Å²) in [5.41, 5.74) is 0.996. The summed E-state index contributed by atoms with van der Waals surface area (Å²) in [7, 11) is 1.47. The van der Waals surface area contributed by atoms with E-state index in [4.69, 9.17) is 4.74 Å². The number of ether oxygens (including phenoxy) is 1. The summed E-state index contributed by atoms with van der Waals surface area (Å²) in [4.78, 5) is 0. The van der Waals surface area contributed by atoms with Gasteiger partial charge in [0.05, 0.1) is 7.11 Å². The molecule has 76 valence electrons. The maximum absolute atomic E-state index is 9.43. The zero-order valence-corrected chi connectivity index (χ0v) is 7.95. The minimum absolute atomic E-state index is 0.119. The maximum Gasteiger partial charge on any atom is 0.200 e. The number of methoxy groups -OCH3 is 1. The second-order valence-electron chi connectivity index (χ2n) is 3.45. The fraction of sp³-hybridized carbons (Fsp3) is 0.400. The van der Waals surface area contributed by atoms with E-state index in [-0.39, 0.29) is 11.5 Å². The lowest BCUT2D eigenvalue weighted by atomic mass is 9.93. The Labute approximate surface area is 82.1 Å². The van der Waals surface area contributed by atoms with Gasteiger partial charge < -0.3 is 20.3 Å². The molecule has 0 radical (unpaired) electrons.